The molecule has 0 amide bonds. The fraction of sp³-hybridized carbons (Fsp3) is 1.00. The van der Waals surface area contributed by atoms with Gasteiger partial charge < -0.3 is 18.6 Å². The molecule has 74 valence electrons. The highest BCUT2D eigenvalue weighted by molar-refractivity contribution is 5.97. The zero-order valence-electron chi connectivity index (χ0n) is 7.88. The normalized spacial score (nSPS) is 10.8. The lowest BCUT2D eigenvalue weighted by Crippen LogP contribution is -2.10. The van der Waals surface area contributed by atoms with Gasteiger partial charge in [-0.2, -0.15) is 0 Å². The van der Waals surface area contributed by atoms with Gasteiger partial charge in [0, 0.05) is 7.11 Å². The van der Waals surface area contributed by atoms with Crippen molar-refractivity contribution < 1.29 is 18.6 Å². The standard InChI is InChI=1S/C7H18O4Si/c1-8-2-3-9-4-5-10-6-7-11-12/h2-7H2,1,12H3. The number of methoxy groups -OCH3 is 1. The Labute approximate surface area is 76.7 Å². The van der Waals surface area contributed by atoms with E-state index in [2.05, 4.69) is 0 Å². The molecule has 0 spiro atoms. The molecule has 5 heteroatoms. The molecule has 0 unspecified atom stereocenters. The van der Waals surface area contributed by atoms with Gasteiger partial charge in [0.05, 0.1) is 39.6 Å². The summed E-state index contributed by atoms with van der Waals surface area (Å²) >= 11 is 0. The van der Waals surface area contributed by atoms with Gasteiger partial charge in [-0.05, 0) is 0 Å². The third kappa shape index (κ3) is 10.1. The summed E-state index contributed by atoms with van der Waals surface area (Å²) in [5, 5.41) is 0. The summed E-state index contributed by atoms with van der Waals surface area (Å²) in [4.78, 5) is 0. The summed E-state index contributed by atoms with van der Waals surface area (Å²) in [6, 6.07) is 0. The van der Waals surface area contributed by atoms with E-state index in [1.807, 2.05) is 0 Å². The van der Waals surface area contributed by atoms with Crippen LogP contribution in [0.2, 0.25) is 0 Å². The lowest BCUT2D eigenvalue weighted by molar-refractivity contribution is 0.0185. The first-order chi connectivity index (χ1) is 5.91. The van der Waals surface area contributed by atoms with Crippen LogP contribution in [-0.2, 0) is 18.6 Å². The van der Waals surface area contributed by atoms with Crippen molar-refractivity contribution in [3.05, 3.63) is 0 Å². The van der Waals surface area contributed by atoms with E-state index in [1.54, 1.807) is 7.11 Å². The predicted octanol–water partition coefficient (Wildman–Crippen LogP) is -1.04. The van der Waals surface area contributed by atoms with E-state index in [-0.39, 0.29) is 0 Å². The molecule has 0 aliphatic rings. The van der Waals surface area contributed by atoms with Crippen LogP contribution in [0.3, 0.4) is 0 Å². The summed E-state index contributed by atoms with van der Waals surface area (Å²) in [5.74, 6) is 0. The van der Waals surface area contributed by atoms with Crippen LogP contribution in [0.15, 0.2) is 0 Å². The summed E-state index contributed by atoms with van der Waals surface area (Å²) in [5.41, 5.74) is 0. The molecular formula is C7H18O4Si. The van der Waals surface area contributed by atoms with Gasteiger partial charge in [0.1, 0.15) is 10.5 Å². The second-order valence-corrected chi connectivity index (χ2v) is 2.79. The first-order valence-electron chi connectivity index (χ1n) is 4.05. The molecule has 0 saturated carbocycles. The maximum Gasteiger partial charge on any atom is 0.146 e. The second-order valence-electron chi connectivity index (χ2n) is 2.21. The minimum atomic E-state index is 0.629. The molecule has 12 heavy (non-hydrogen) atoms. The van der Waals surface area contributed by atoms with Crippen LogP contribution in [0.25, 0.3) is 0 Å². The molecule has 0 fully saturated rings. The van der Waals surface area contributed by atoms with Gasteiger partial charge in [0.2, 0.25) is 0 Å². The minimum absolute atomic E-state index is 0.629. The minimum Gasteiger partial charge on any atom is -0.426 e. The number of hydrogen-bond donors (Lipinski definition) is 0. The van der Waals surface area contributed by atoms with Crippen molar-refractivity contribution in [1.29, 1.82) is 0 Å². The SMILES string of the molecule is COCCOCCOCCO[SiH3]. The molecule has 0 rings (SSSR count). The summed E-state index contributed by atoms with van der Waals surface area (Å²) in [7, 11) is 2.44. The molecule has 0 N–H and O–H groups in total. The predicted molar refractivity (Wildman–Crippen MR) is 49.4 cm³/mol. The maximum atomic E-state index is 5.19. The van der Waals surface area contributed by atoms with Gasteiger partial charge in [0.25, 0.3) is 0 Å². The van der Waals surface area contributed by atoms with Crippen LogP contribution in [0.1, 0.15) is 0 Å². The Hall–Kier alpha value is 0.0569. The molecular weight excluding hydrogens is 176 g/mol. The average molecular weight is 194 g/mol. The largest absolute Gasteiger partial charge is 0.426 e. The highest BCUT2D eigenvalue weighted by Gasteiger charge is 1.88. The molecule has 4 nitrogen and oxygen atoms in total. The second kappa shape index (κ2) is 11.1. The molecule has 0 bridgehead atoms. The van der Waals surface area contributed by atoms with Crippen molar-refractivity contribution in [3.8, 4) is 0 Å². The van der Waals surface area contributed by atoms with Gasteiger partial charge in [-0.1, -0.05) is 0 Å². The third-order valence-corrected chi connectivity index (χ3v) is 1.64. The van der Waals surface area contributed by atoms with E-state index in [0.29, 0.717) is 39.6 Å². The monoisotopic (exact) mass is 194 g/mol. The Morgan fingerprint density at radius 3 is 1.83 bits per heavy atom. The van der Waals surface area contributed by atoms with Crippen LogP contribution in [0, 0.1) is 0 Å². The van der Waals surface area contributed by atoms with Gasteiger partial charge in [0.15, 0.2) is 0 Å². The van der Waals surface area contributed by atoms with E-state index in [4.69, 9.17) is 18.6 Å². The van der Waals surface area contributed by atoms with E-state index in [1.165, 1.54) is 0 Å². The topological polar surface area (TPSA) is 36.9 Å². The van der Waals surface area contributed by atoms with Gasteiger partial charge in [-0.15, -0.1) is 0 Å². The zero-order chi connectivity index (χ0) is 9.07. The van der Waals surface area contributed by atoms with Gasteiger partial charge in [-0.3, -0.25) is 0 Å². The summed E-state index contributed by atoms with van der Waals surface area (Å²) in [6.07, 6.45) is 0. The van der Waals surface area contributed by atoms with E-state index in [0.717, 1.165) is 10.5 Å². The molecule has 0 aromatic rings. The Kier molecular flexibility index (Phi) is 11.1. The third-order valence-electron chi connectivity index (χ3n) is 1.24. The molecule has 0 aliphatic heterocycles. The van der Waals surface area contributed by atoms with Crippen LogP contribution in [0.5, 0.6) is 0 Å². The van der Waals surface area contributed by atoms with Crippen LogP contribution >= 0.6 is 0 Å². The van der Waals surface area contributed by atoms with Crippen molar-refractivity contribution >= 4 is 10.5 Å². The van der Waals surface area contributed by atoms with Crippen LogP contribution in [-0.4, -0.2) is 57.2 Å². The number of rotatable bonds is 9. The van der Waals surface area contributed by atoms with Crippen LogP contribution in [0.4, 0.5) is 0 Å². The smallest absolute Gasteiger partial charge is 0.146 e. The lowest BCUT2D eigenvalue weighted by atomic mass is 10.7. The van der Waals surface area contributed by atoms with Crippen molar-refractivity contribution in [2.45, 2.75) is 0 Å². The lowest BCUT2D eigenvalue weighted by Gasteiger charge is -2.04. The first-order valence-corrected chi connectivity index (χ1v) is 4.87. The molecule has 0 saturated heterocycles. The van der Waals surface area contributed by atoms with Gasteiger partial charge >= 0.3 is 0 Å². The summed E-state index contributed by atoms with van der Waals surface area (Å²) in [6.45, 7) is 3.90. The summed E-state index contributed by atoms with van der Waals surface area (Å²) < 4.78 is 20.1. The molecule has 0 aromatic heterocycles. The van der Waals surface area contributed by atoms with Crippen LogP contribution < -0.4 is 0 Å². The Balaban J connectivity index is 2.73. The highest BCUT2D eigenvalue weighted by Crippen LogP contribution is 1.79. The molecule has 0 aromatic carbocycles. The van der Waals surface area contributed by atoms with Crippen molar-refractivity contribution in [3.63, 3.8) is 0 Å². The van der Waals surface area contributed by atoms with Crippen molar-refractivity contribution in [2.75, 3.05) is 46.8 Å². The molecule has 0 radical (unpaired) electrons. The Morgan fingerprint density at radius 1 is 0.833 bits per heavy atom. The first kappa shape index (κ1) is 12.1. The van der Waals surface area contributed by atoms with Crippen molar-refractivity contribution in [1.82, 2.24) is 0 Å². The maximum absolute atomic E-state index is 5.19. The van der Waals surface area contributed by atoms with E-state index < -0.39 is 0 Å². The average Bonchev–Trinajstić information content (AvgIpc) is 2.10. The van der Waals surface area contributed by atoms with Gasteiger partial charge in [-0.25, -0.2) is 0 Å². The zero-order valence-corrected chi connectivity index (χ0v) is 9.88. The van der Waals surface area contributed by atoms with Crippen molar-refractivity contribution in [2.24, 2.45) is 0 Å². The number of hydrogen-bond acceptors (Lipinski definition) is 4. The van der Waals surface area contributed by atoms with E-state index >= 15 is 0 Å². The van der Waals surface area contributed by atoms with E-state index in [9.17, 15) is 0 Å². The molecule has 0 aliphatic carbocycles. The fourth-order valence-electron chi connectivity index (χ4n) is 0.606. The fourth-order valence-corrected chi connectivity index (χ4v) is 0.773. The Morgan fingerprint density at radius 2 is 1.33 bits per heavy atom. The molecule has 0 atom stereocenters. The Bertz CT molecular complexity index is 71.8. The highest BCUT2D eigenvalue weighted by atomic mass is 28.2. The molecule has 0 heterocycles. The number of ether oxygens (including phenoxy) is 3. The quantitative estimate of drug-likeness (QED) is 0.347.